The van der Waals surface area contributed by atoms with Gasteiger partial charge in [-0.1, -0.05) is 6.07 Å². The molecule has 1 aromatic heterocycles. The second-order valence-corrected chi connectivity index (χ2v) is 6.18. The van der Waals surface area contributed by atoms with E-state index in [2.05, 4.69) is 16.5 Å². The Kier molecular flexibility index (Phi) is 7.51. The highest BCUT2D eigenvalue weighted by atomic mass is 16.5. The summed E-state index contributed by atoms with van der Waals surface area (Å²) in [6.07, 6.45) is 1.17. The number of ether oxygens (including phenoxy) is 2. The number of carbonyl (C=O) groups is 1. The molecule has 0 saturated heterocycles. The van der Waals surface area contributed by atoms with Crippen molar-refractivity contribution in [3.63, 3.8) is 0 Å². The summed E-state index contributed by atoms with van der Waals surface area (Å²) in [5.41, 5.74) is 3.08. The molecule has 1 aromatic carbocycles. The van der Waals surface area contributed by atoms with Gasteiger partial charge >= 0.3 is 0 Å². The molecule has 0 unspecified atom stereocenters. The predicted octanol–water partition coefficient (Wildman–Crippen LogP) is 3.05. The van der Waals surface area contributed by atoms with Crippen LogP contribution < -0.4 is 14.8 Å². The molecule has 1 amide bonds. The lowest BCUT2D eigenvalue weighted by molar-refractivity contribution is -0.120. The van der Waals surface area contributed by atoms with Gasteiger partial charge in [0, 0.05) is 18.8 Å². The van der Waals surface area contributed by atoms with Crippen molar-refractivity contribution >= 4 is 5.91 Å². The van der Waals surface area contributed by atoms with Gasteiger partial charge in [0.05, 0.1) is 25.3 Å². The van der Waals surface area contributed by atoms with Crippen molar-refractivity contribution in [2.75, 3.05) is 19.8 Å². The van der Waals surface area contributed by atoms with Crippen molar-refractivity contribution in [3.05, 3.63) is 41.2 Å². The first-order valence-electron chi connectivity index (χ1n) is 9.19. The van der Waals surface area contributed by atoms with Crippen molar-refractivity contribution in [1.29, 1.82) is 0 Å². The zero-order chi connectivity index (χ0) is 18.9. The maximum absolute atomic E-state index is 12.2. The molecule has 142 valence electrons. The molecule has 0 aliphatic carbocycles. The Bertz CT molecular complexity index is 725. The molecule has 26 heavy (non-hydrogen) atoms. The lowest BCUT2D eigenvalue weighted by atomic mass is 10.1. The van der Waals surface area contributed by atoms with Crippen LogP contribution in [-0.4, -0.2) is 35.4 Å². The molecule has 1 heterocycles. The van der Waals surface area contributed by atoms with Crippen LogP contribution in [0.2, 0.25) is 0 Å². The van der Waals surface area contributed by atoms with E-state index in [-0.39, 0.29) is 5.91 Å². The predicted molar refractivity (Wildman–Crippen MR) is 102 cm³/mol. The third-order valence-corrected chi connectivity index (χ3v) is 3.94. The molecule has 0 radical (unpaired) electrons. The molecular formula is C20H29N3O3. The van der Waals surface area contributed by atoms with Crippen LogP contribution in [0.5, 0.6) is 11.5 Å². The second kappa shape index (κ2) is 9.85. The molecule has 0 spiro atoms. The first-order chi connectivity index (χ1) is 12.5. The van der Waals surface area contributed by atoms with Gasteiger partial charge in [-0.2, -0.15) is 5.10 Å². The van der Waals surface area contributed by atoms with E-state index in [1.165, 1.54) is 0 Å². The van der Waals surface area contributed by atoms with Gasteiger partial charge in [-0.3, -0.25) is 9.48 Å². The van der Waals surface area contributed by atoms with E-state index in [0.29, 0.717) is 37.7 Å². The van der Waals surface area contributed by atoms with Gasteiger partial charge in [-0.15, -0.1) is 0 Å². The quantitative estimate of drug-likeness (QED) is 0.662. The average molecular weight is 359 g/mol. The number of benzene rings is 1. The number of hydrogen-bond donors (Lipinski definition) is 1. The van der Waals surface area contributed by atoms with E-state index in [9.17, 15) is 4.79 Å². The Balaban J connectivity index is 1.81. The van der Waals surface area contributed by atoms with Gasteiger partial charge in [-0.25, -0.2) is 0 Å². The van der Waals surface area contributed by atoms with Crippen LogP contribution in [0.15, 0.2) is 24.3 Å². The second-order valence-electron chi connectivity index (χ2n) is 6.18. The normalized spacial score (nSPS) is 10.6. The van der Waals surface area contributed by atoms with E-state index < -0.39 is 0 Å². The Morgan fingerprint density at radius 3 is 2.50 bits per heavy atom. The molecule has 0 aliphatic rings. The van der Waals surface area contributed by atoms with Crippen molar-refractivity contribution in [3.8, 4) is 11.5 Å². The zero-order valence-electron chi connectivity index (χ0n) is 16.2. The zero-order valence-corrected chi connectivity index (χ0v) is 16.2. The molecule has 0 aliphatic heterocycles. The van der Waals surface area contributed by atoms with E-state index >= 15 is 0 Å². The summed E-state index contributed by atoms with van der Waals surface area (Å²) in [6, 6.07) is 7.70. The monoisotopic (exact) mass is 359 g/mol. The minimum absolute atomic E-state index is 0.00461. The molecule has 6 nitrogen and oxygen atoms in total. The molecule has 0 bridgehead atoms. The molecule has 6 heteroatoms. The molecule has 0 fully saturated rings. The number of amides is 1. The van der Waals surface area contributed by atoms with Crippen LogP contribution in [-0.2, 0) is 17.8 Å². The smallest absolute Gasteiger partial charge is 0.224 e. The number of hydrogen-bond acceptors (Lipinski definition) is 4. The van der Waals surface area contributed by atoms with E-state index in [1.54, 1.807) is 0 Å². The Labute approximate surface area is 155 Å². The standard InChI is InChI=1S/C20H29N3O3/c1-5-25-18-9-8-17(13-19(18)26-6-2)14-20(24)21-10-7-11-23-16(4)12-15(3)22-23/h8-9,12-13H,5-7,10-11,14H2,1-4H3,(H,21,24). The fraction of sp³-hybridized carbons (Fsp3) is 0.500. The fourth-order valence-electron chi connectivity index (χ4n) is 2.81. The first kappa shape index (κ1) is 19.8. The highest BCUT2D eigenvalue weighted by Gasteiger charge is 2.09. The van der Waals surface area contributed by atoms with Crippen LogP contribution in [0.4, 0.5) is 0 Å². The van der Waals surface area contributed by atoms with Crippen molar-refractivity contribution in [1.82, 2.24) is 15.1 Å². The summed E-state index contributed by atoms with van der Waals surface area (Å²) >= 11 is 0. The molecule has 0 atom stereocenters. The number of rotatable bonds is 10. The van der Waals surface area contributed by atoms with Crippen LogP contribution in [0.1, 0.15) is 37.2 Å². The Morgan fingerprint density at radius 2 is 1.85 bits per heavy atom. The van der Waals surface area contributed by atoms with Gasteiger partial charge in [0.1, 0.15) is 0 Å². The van der Waals surface area contributed by atoms with Gasteiger partial charge in [-0.05, 0) is 57.9 Å². The van der Waals surface area contributed by atoms with Crippen LogP contribution in [0, 0.1) is 13.8 Å². The number of aryl methyl sites for hydroxylation is 3. The minimum Gasteiger partial charge on any atom is -0.490 e. The number of nitrogens with zero attached hydrogens (tertiary/aromatic N) is 2. The third-order valence-electron chi connectivity index (χ3n) is 3.94. The SMILES string of the molecule is CCOc1ccc(CC(=O)NCCCn2nc(C)cc2C)cc1OCC. The molecule has 2 rings (SSSR count). The maximum Gasteiger partial charge on any atom is 0.224 e. The Hall–Kier alpha value is -2.50. The molecule has 2 aromatic rings. The summed E-state index contributed by atoms with van der Waals surface area (Å²) in [6.45, 7) is 10.5. The summed E-state index contributed by atoms with van der Waals surface area (Å²) in [4.78, 5) is 12.2. The van der Waals surface area contributed by atoms with Crippen molar-refractivity contribution < 1.29 is 14.3 Å². The highest BCUT2D eigenvalue weighted by molar-refractivity contribution is 5.78. The Morgan fingerprint density at radius 1 is 1.12 bits per heavy atom. The molecular weight excluding hydrogens is 330 g/mol. The van der Waals surface area contributed by atoms with Gasteiger partial charge in [0.25, 0.3) is 0 Å². The highest BCUT2D eigenvalue weighted by Crippen LogP contribution is 2.28. The summed E-state index contributed by atoms with van der Waals surface area (Å²) in [5.74, 6) is 1.40. The van der Waals surface area contributed by atoms with E-state index in [4.69, 9.17) is 9.47 Å². The summed E-state index contributed by atoms with van der Waals surface area (Å²) in [7, 11) is 0. The lowest BCUT2D eigenvalue weighted by Crippen LogP contribution is -2.27. The van der Waals surface area contributed by atoms with Crippen LogP contribution in [0.25, 0.3) is 0 Å². The van der Waals surface area contributed by atoms with Gasteiger partial charge in [0.15, 0.2) is 11.5 Å². The van der Waals surface area contributed by atoms with Crippen molar-refractivity contribution in [2.45, 2.75) is 47.1 Å². The van der Waals surface area contributed by atoms with Gasteiger partial charge < -0.3 is 14.8 Å². The molecule has 0 saturated carbocycles. The molecule has 1 N–H and O–H groups in total. The fourth-order valence-corrected chi connectivity index (χ4v) is 2.81. The third kappa shape index (κ3) is 5.79. The first-order valence-corrected chi connectivity index (χ1v) is 9.19. The van der Waals surface area contributed by atoms with Crippen LogP contribution in [0.3, 0.4) is 0 Å². The maximum atomic E-state index is 12.2. The van der Waals surface area contributed by atoms with Gasteiger partial charge in [0.2, 0.25) is 5.91 Å². The number of aromatic nitrogens is 2. The van der Waals surface area contributed by atoms with Crippen molar-refractivity contribution in [2.24, 2.45) is 0 Å². The minimum atomic E-state index is 0.00461. The summed E-state index contributed by atoms with van der Waals surface area (Å²) in [5, 5.41) is 7.39. The number of carbonyl (C=O) groups excluding carboxylic acids is 1. The topological polar surface area (TPSA) is 65.4 Å². The van der Waals surface area contributed by atoms with Crippen LogP contribution >= 0.6 is 0 Å². The lowest BCUT2D eigenvalue weighted by Gasteiger charge is -2.12. The average Bonchev–Trinajstić information content (AvgIpc) is 2.92. The summed E-state index contributed by atoms with van der Waals surface area (Å²) < 4.78 is 13.1. The van der Waals surface area contributed by atoms with E-state index in [0.717, 1.165) is 29.9 Å². The largest absolute Gasteiger partial charge is 0.490 e. The van der Waals surface area contributed by atoms with E-state index in [1.807, 2.05) is 50.6 Å². The number of nitrogens with one attached hydrogen (secondary N) is 1.